The Morgan fingerprint density at radius 3 is 2.43 bits per heavy atom. The van der Waals surface area contributed by atoms with E-state index < -0.39 is 0 Å². The van der Waals surface area contributed by atoms with Gasteiger partial charge >= 0.3 is 0 Å². The van der Waals surface area contributed by atoms with Gasteiger partial charge in [-0.1, -0.05) is 48.0 Å². The van der Waals surface area contributed by atoms with Crippen LogP contribution in [0.4, 0.5) is 0 Å². The number of hydrogen-bond acceptors (Lipinski definition) is 1. The second kappa shape index (κ2) is 6.07. The zero-order valence-electron chi connectivity index (χ0n) is 8.74. The van der Waals surface area contributed by atoms with Crippen molar-refractivity contribution in [2.24, 2.45) is 5.92 Å². The third kappa shape index (κ3) is 3.70. The van der Waals surface area contributed by atoms with Crippen LogP contribution in [0.5, 0.6) is 5.75 Å². The maximum absolute atomic E-state index is 5.69. The van der Waals surface area contributed by atoms with E-state index in [1.54, 1.807) is 0 Å². The predicted octanol–water partition coefficient (Wildman–Crippen LogP) is 3.88. The first kappa shape index (κ1) is 11.6. The summed E-state index contributed by atoms with van der Waals surface area (Å²) in [6.07, 6.45) is 1.14. The molecule has 14 heavy (non-hydrogen) atoms. The molecule has 0 radical (unpaired) electrons. The molecule has 0 aromatic heterocycles. The summed E-state index contributed by atoms with van der Waals surface area (Å²) in [5.41, 5.74) is 0. The normalized spacial score (nSPS) is 14.8. The van der Waals surface area contributed by atoms with Crippen LogP contribution in [0.1, 0.15) is 20.3 Å². The van der Waals surface area contributed by atoms with Crippen molar-refractivity contribution < 1.29 is 4.74 Å². The fraction of sp³-hybridized carbons (Fsp3) is 0.500. The van der Waals surface area contributed by atoms with E-state index in [-0.39, 0.29) is 0 Å². The Bertz CT molecular complexity index is 246. The molecule has 0 N–H and O–H groups in total. The maximum Gasteiger partial charge on any atom is 0.119 e. The standard InChI is InChI=1S/C12H17BrO/c1-3-11(10(2)13)9-14-12-7-5-4-6-8-12/h4-8,10-11H,3,9H2,1-2H3/t10-,11+/m0/s1. The Kier molecular flexibility index (Phi) is 5.02. The second-order valence-corrected chi connectivity index (χ2v) is 4.91. The van der Waals surface area contributed by atoms with Gasteiger partial charge in [-0.3, -0.25) is 0 Å². The first-order valence-electron chi connectivity index (χ1n) is 5.06. The lowest BCUT2D eigenvalue weighted by molar-refractivity contribution is 0.245. The number of alkyl halides is 1. The minimum atomic E-state index is 0.510. The molecule has 0 fully saturated rings. The molecule has 2 atom stereocenters. The fourth-order valence-electron chi connectivity index (χ4n) is 1.30. The Balaban J connectivity index is 2.40. The first-order valence-corrected chi connectivity index (χ1v) is 5.97. The SMILES string of the molecule is CC[C@H](COc1ccccc1)[C@H](C)Br. The number of para-hydroxylation sites is 1. The van der Waals surface area contributed by atoms with Gasteiger partial charge in [-0.15, -0.1) is 0 Å². The highest BCUT2D eigenvalue weighted by atomic mass is 79.9. The molecule has 1 aromatic carbocycles. The highest BCUT2D eigenvalue weighted by molar-refractivity contribution is 9.09. The Labute approximate surface area is 94.6 Å². The van der Waals surface area contributed by atoms with Crippen LogP contribution in [-0.2, 0) is 0 Å². The van der Waals surface area contributed by atoms with Gasteiger partial charge < -0.3 is 4.74 Å². The average Bonchev–Trinajstić information content (AvgIpc) is 2.20. The third-order valence-corrected chi connectivity index (χ3v) is 3.13. The summed E-state index contributed by atoms with van der Waals surface area (Å²) < 4.78 is 5.69. The summed E-state index contributed by atoms with van der Waals surface area (Å²) in [4.78, 5) is 0.510. The van der Waals surface area contributed by atoms with Crippen LogP contribution in [0, 0.1) is 5.92 Å². The average molecular weight is 257 g/mol. The number of hydrogen-bond donors (Lipinski definition) is 0. The van der Waals surface area contributed by atoms with E-state index in [0.29, 0.717) is 10.7 Å². The van der Waals surface area contributed by atoms with E-state index in [9.17, 15) is 0 Å². The quantitative estimate of drug-likeness (QED) is 0.727. The van der Waals surface area contributed by atoms with Crippen molar-refractivity contribution >= 4 is 15.9 Å². The molecule has 0 amide bonds. The highest BCUT2D eigenvalue weighted by Crippen LogP contribution is 2.18. The van der Waals surface area contributed by atoms with Crippen molar-refractivity contribution in [3.05, 3.63) is 30.3 Å². The molecule has 1 aromatic rings. The lowest BCUT2D eigenvalue weighted by atomic mass is 10.1. The summed E-state index contributed by atoms with van der Waals surface area (Å²) in [5, 5.41) is 0. The van der Waals surface area contributed by atoms with Crippen molar-refractivity contribution in [1.82, 2.24) is 0 Å². The molecule has 78 valence electrons. The molecule has 0 aliphatic heterocycles. The van der Waals surface area contributed by atoms with Gasteiger partial charge in [0, 0.05) is 10.7 Å². The Morgan fingerprint density at radius 2 is 1.93 bits per heavy atom. The predicted molar refractivity (Wildman–Crippen MR) is 64.1 cm³/mol. The maximum atomic E-state index is 5.69. The summed E-state index contributed by atoms with van der Waals surface area (Å²) in [5.74, 6) is 1.54. The first-order chi connectivity index (χ1) is 6.74. The summed E-state index contributed by atoms with van der Waals surface area (Å²) in [6, 6.07) is 9.97. The zero-order chi connectivity index (χ0) is 10.4. The van der Waals surface area contributed by atoms with E-state index >= 15 is 0 Å². The summed E-state index contributed by atoms with van der Waals surface area (Å²) in [7, 11) is 0. The van der Waals surface area contributed by atoms with Gasteiger partial charge in [-0.25, -0.2) is 0 Å². The monoisotopic (exact) mass is 256 g/mol. The molecule has 0 aliphatic carbocycles. The van der Waals surface area contributed by atoms with E-state index in [4.69, 9.17) is 4.74 Å². The van der Waals surface area contributed by atoms with Crippen LogP contribution in [0.2, 0.25) is 0 Å². The lowest BCUT2D eigenvalue weighted by Gasteiger charge is -2.18. The molecular formula is C12H17BrO. The van der Waals surface area contributed by atoms with Gasteiger partial charge in [0.25, 0.3) is 0 Å². The zero-order valence-corrected chi connectivity index (χ0v) is 10.3. The number of halogens is 1. The van der Waals surface area contributed by atoms with Gasteiger partial charge in [-0.2, -0.15) is 0 Å². The van der Waals surface area contributed by atoms with Crippen LogP contribution in [0.25, 0.3) is 0 Å². The van der Waals surface area contributed by atoms with Gasteiger partial charge in [0.05, 0.1) is 6.61 Å². The van der Waals surface area contributed by atoms with Crippen molar-refractivity contribution in [3.63, 3.8) is 0 Å². The van der Waals surface area contributed by atoms with Crippen LogP contribution < -0.4 is 4.74 Å². The van der Waals surface area contributed by atoms with Crippen LogP contribution in [-0.4, -0.2) is 11.4 Å². The molecule has 1 nitrogen and oxygen atoms in total. The second-order valence-electron chi connectivity index (χ2n) is 3.47. The Morgan fingerprint density at radius 1 is 1.29 bits per heavy atom. The molecule has 0 bridgehead atoms. The fourth-order valence-corrected chi connectivity index (χ4v) is 1.82. The molecule has 0 saturated carbocycles. The Hall–Kier alpha value is -0.500. The largest absolute Gasteiger partial charge is 0.493 e. The molecule has 0 spiro atoms. The van der Waals surface area contributed by atoms with E-state index in [1.807, 2.05) is 30.3 Å². The highest BCUT2D eigenvalue weighted by Gasteiger charge is 2.12. The van der Waals surface area contributed by atoms with Gasteiger partial charge in [-0.05, 0) is 18.6 Å². The van der Waals surface area contributed by atoms with E-state index in [2.05, 4.69) is 29.8 Å². The van der Waals surface area contributed by atoms with Crippen molar-refractivity contribution in [2.75, 3.05) is 6.61 Å². The van der Waals surface area contributed by atoms with Gasteiger partial charge in [0.2, 0.25) is 0 Å². The molecule has 1 rings (SSSR count). The van der Waals surface area contributed by atoms with Gasteiger partial charge in [0.15, 0.2) is 0 Å². The van der Waals surface area contributed by atoms with Gasteiger partial charge in [0.1, 0.15) is 5.75 Å². The number of ether oxygens (including phenoxy) is 1. The van der Waals surface area contributed by atoms with Crippen molar-refractivity contribution in [3.8, 4) is 5.75 Å². The molecule has 0 aliphatic rings. The van der Waals surface area contributed by atoms with E-state index in [1.165, 1.54) is 0 Å². The lowest BCUT2D eigenvalue weighted by Crippen LogP contribution is -2.18. The van der Waals surface area contributed by atoms with E-state index in [0.717, 1.165) is 18.8 Å². The smallest absolute Gasteiger partial charge is 0.119 e. The number of benzene rings is 1. The molecule has 2 heteroatoms. The molecule has 0 heterocycles. The third-order valence-electron chi connectivity index (χ3n) is 2.38. The summed E-state index contributed by atoms with van der Waals surface area (Å²) in [6.45, 7) is 5.15. The van der Waals surface area contributed by atoms with Crippen LogP contribution in [0.15, 0.2) is 30.3 Å². The minimum absolute atomic E-state index is 0.510. The summed E-state index contributed by atoms with van der Waals surface area (Å²) >= 11 is 3.59. The minimum Gasteiger partial charge on any atom is -0.493 e. The van der Waals surface area contributed by atoms with Crippen LogP contribution in [0.3, 0.4) is 0 Å². The number of rotatable bonds is 5. The molecule has 0 unspecified atom stereocenters. The molecular weight excluding hydrogens is 240 g/mol. The van der Waals surface area contributed by atoms with Crippen molar-refractivity contribution in [2.45, 2.75) is 25.1 Å². The van der Waals surface area contributed by atoms with Crippen molar-refractivity contribution in [1.29, 1.82) is 0 Å². The molecule has 0 saturated heterocycles. The van der Waals surface area contributed by atoms with Crippen LogP contribution >= 0.6 is 15.9 Å². The topological polar surface area (TPSA) is 9.23 Å².